The largest absolute Gasteiger partial charge is 0.479 e. The zero-order valence-corrected chi connectivity index (χ0v) is 24.9. The van der Waals surface area contributed by atoms with Crippen LogP contribution in [0.1, 0.15) is 65.7 Å². The van der Waals surface area contributed by atoms with Gasteiger partial charge in [-0.15, -0.1) is 0 Å². The molecule has 2 atom stereocenters. The molecule has 1 aliphatic carbocycles. The van der Waals surface area contributed by atoms with E-state index in [1.165, 1.54) is 24.0 Å². The number of allylic oxidation sites excluding steroid dienone is 2. The number of hydrogen-bond donors (Lipinski definition) is 5. The van der Waals surface area contributed by atoms with Crippen molar-refractivity contribution in [2.24, 2.45) is 10.7 Å². The molecule has 0 fully saturated rings. The summed E-state index contributed by atoms with van der Waals surface area (Å²) in [4.78, 5) is 30.0. The Hall–Kier alpha value is -4.18. The van der Waals surface area contributed by atoms with Gasteiger partial charge in [-0.1, -0.05) is 54.1 Å². The normalized spacial score (nSPS) is 14.8. The number of anilines is 1. The van der Waals surface area contributed by atoms with Crippen molar-refractivity contribution in [1.82, 2.24) is 10.6 Å². The van der Waals surface area contributed by atoms with Crippen molar-refractivity contribution in [2.75, 3.05) is 18.1 Å². The van der Waals surface area contributed by atoms with Gasteiger partial charge < -0.3 is 31.5 Å². The molecule has 3 aromatic rings. The summed E-state index contributed by atoms with van der Waals surface area (Å²) in [5.41, 5.74) is 11.7. The number of rotatable bonds is 11. The van der Waals surface area contributed by atoms with Crippen LogP contribution in [0.25, 0.3) is 5.57 Å². The number of carboxylic acids is 1. The van der Waals surface area contributed by atoms with E-state index in [9.17, 15) is 14.7 Å². The van der Waals surface area contributed by atoms with Gasteiger partial charge in [0.15, 0.2) is 6.10 Å². The van der Waals surface area contributed by atoms with E-state index < -0.39 is 18.0 Å². The molecule has 0 saturated heterocycles. The van der Waals surface area contributed by atoms with E-state index in [0.717, 1.165) is 29.7 Å². The van der Waals surface area contributed by atoms with Crippen molar-refractivity contribution < 1.29 is 19.8 Å². The summed E-state index contributed by atoms with van der Waals surface area (Å²) in [7, 11) is 0. The highest BCUT2D eigenvalue weighted by Gasteiger charge is 2.19. The summed E-state index contributed by atoms with van der Waals surface area (Å²) in [6.45, 7) is 2.17. The second-order valence-electron chi connectivity index (χ2n) is 10.5. The maximum absolute atomic E-state index is 12.5. The van der Waals surface area contributed by atoms with Gasteiger partial charge in [0.25, 0.3) is 5.91 Å². The van der Waals surface area contributed by atoms with E-state index in [-0.39, 0.29) is 19.3 Å². The second kappa shape index (κ2) is 15.3. The number of carbonyl (C=O) groups is 2. The number of benzene rings is 3. The number of aliphatic hydroxyl groups is 1. The minimum absolute atomic E-state index is 0.0818. The van der Waals surface area contributed by atoms with Gasteiger partial charge in [-0.2, -0.15) is 0 Å². The third-order valence-electron chi connectivity index (χ3n) is 7.35. The zero-order valence-electron chi connectivity index (χ0n) is 24.2. The fourth-order valence-electron chi connectivity index (χ4n) is 4.89. The van der Waals surface area contributed by atoms with E-state index in [1.807, 2.05) is 43.3 Å². The third-order valence-corrected chi connectivity index (χ3v) is 7.60. The van der Waals surface area contributed by atoms with E-state index in [2.05, 4.69) is 50.9 Å². The van der Waals surface area contributed by atoms with Crippen LogP contribution in [0.5, 0.6) is 0 Å². The molecule has 4 rings (SSSR count). The lowest BCUT2D eigenvalue weighted by molar-refractivity contribution is -0.146. The molecule has 1 unspecified atom stereocenters. The molecule has 0 radical (unpaired) electrons. The molecule has 226 valence electrons. The van der Waals surface area contributed by atoms with Gasteiger partial charge in [0.1, 0.15) is 0 Å². The molecular formula is C33H38ClN5O4. The first kappa shape index (κ1) is 31.7. The molecule has 9 nitrogen and oxygen atoms in total. The SMILES string of the molecule is CC(N/C(=N/CN)N(Cc1ccc(C(=O)NC[C@@H](O)C(=O)O)cc1)c1ccc(C2=CCCCC2)cc1)c1ccc(Cl)cc1. The van der Waals surface area contributed by atoms with Gasteiger partial charge >= 0.3 is 5.97 Å². The molecule has 0 heterocycles. The Morgan fingerprint density at radius 2 is 1.72 bits per heavy atom. The number of amides is 1. The molecule has 0 aromatic heterocycles. The van der Waals surface area contributed by atoms with Gasteiger partial charge in [0.05, 0.1) is 25.8 Å². The van der Waals surface area contributed by atoms with Crippen molar-refractivity contribution >= 4 is 40.7 Å². The van der Waals surface area contributed by atoms with Crippen LogP contribution >= 0.6 is 11.6 Å². The van der Waals surface area contributed by atoms with Crippen LogP contribution in [-0.2, 0) is 11.3 Å². The highest BCUT2D eigenvalue weighted by molar-refractivity contribution is 6.30. The van der Waals surface area contributed by atoms with E-state index in [4.69, 9.17) is 22.4 Å². The molecule has 1 aliphatic rings. The molecule has 3 aromatic carbocycles. The third kappa shape index (κ3) is 8.90. The highest BCUT2D eigenvalue weighted by Crippen LogP contribution is 2.29. The lowest BCUT2D eigenvalue weighted by Crippen LogP contribution is -2.43. The van der Waals surface area contributed by atoms with Crippen molar-refractivity contribution in [3.05, 3.63) is 106 Å². The summed E-state index contributed by atoms with van der Waals surface area (Å²) in [5.74, 6) is -1.27. The summed E-state index contributed by atoms with van der Waals surface area (Å²) in [5, 5.41) is 24.9. The Bertz CT molecular complexity index is 1440. The molecule has 0 bridgehead atoms. The van der Waals surface area contributed by atoms with Crippen molar-refractivity contribution in [1.29, 1.82) is 0 Å². The Labute approximate surface area is 257 Å². The number of guanidine groups is 1. The number of aliphatic hydroxyl groups excluding tert-OH is 1. The maximum Gasteiger partial charge on any atom is 0.334 e. The fourth-order valence-corrected chi connectivity index (χ4v) is 5.02. The predicted octanol–water partition coefficient (Wildman–Crippen LogP) is 5.10. The molecule has 10 heteroatoms. The minimum Gasteiger partial charge on any atom is -0.479 e. The quantitative estimate of drug-likeness (QED) is 0.152. The zero-order chi connectivity index (χ0) is 30.8. The van der Waals surface area contributed by atoms with Crippen LogP contribution in [0.4, 0.5) is 5.69 Å². The first-order chi connectivity index (χ1) is 20.7. The van der Waals surface area contributed by atoms with Gasteiger partial charge in [-0.05, 0) is 91.3 Å². The Morgan fingerprint density at radius 3 is 2.33 bits per heavy atom. The summed E-state index contributed by atoms with van der Waals surface area (Å²) in [6, 6.07) is 23.0. The van der Waals surface area contributed by atoms with Crippen LogP contribution in [0.3, 0.4) is 0 Å². The second-order valence-corrected chi connectivity index (χ2v) is 10.9. The molecule has 0 saturated carbocycles. The average Bonchev–Trinajstić information content (AvgIpc) is 3.03. The minimum atomic E-state index is -1.67. The van der Waals surface area contributed by atoms with E-state index >= 15 is 0 Å². The lowest BCUT2D eigenvalue weighted by atomic mass is 9.93. The van der Waals surface area contributed by atoms with Gasteiger partial charge in [-0.25, -0.2) is 9.79 Å². The van der Waals surface area contributed by atoms with Crippen molar-refractivity contribution in [3.8, 4) is 0 Å². The Kier molecular flexibility index (Phi) is 11.3. The fraction of sp³-hybridized carbons (Fsp3) is 0.303. The Balaban J connectivity index is 1.59. The number of carbonyl (C=O) groups excluding carboxylic acids is 1. The standard InChI is InChI=1S/C33H38ClN5O4/c1-22(24-11-15-28(34)16-12-24)38-33(37-21-35)39(29-17-13-26(14-18-29)25-5-3-2-4-6-25)20-23-7-9-27(10-8-23)31(41)36-19-30(40)32(42)43/h5,7-18,22,30,40H,2-4,6,19-21,35H2,1H3,(H,36,41)(H,37,38)(H,42,43)/t22?,30-/m1/s1. The molecule has 6 N–H and O–H groups in total. The first-order valence-electron chi connectivity index (χ1n) is 14.4. The number of nitrogens with two attached hydrogens (primary N) is 1. The molecule has 1 amide bonds. The van der Waals surface area contributed by atoms with Crippen LogP contribution in [0.15, 0.2) is 83.9 Å². The van der Waals surface area contributed by atoms with Gasteiger partial charge in [-0.3, -0.25) is 4.79 Å². The van der Waals surface area contributed by atoms with Gasteiger partial charge in [0.2, 0.25) is 5.96 Å². The molecule has 0 aliphatic heterocycles. The van der Waals surface area contributed by atoms with Gasteiger partial charge in [0, 0.05) is 16.3 Å². The summed E-state index contributed by atoms with van der Waals surface area (Å²) in [6.07, 6.45) is 5.28. The number of aliphatic carboxylic acids is 1. The van der Waals surface area contributed by atoms with Crippen molar-refractivity contribution in [2.45, 2.75) is 51.3 Å². The Morgan fingerprint density at radius 1 is 1.02 bits per heavy atom. The topological polar surface area (TPSA) is 140 Å². The molecular weight excluding hydrogens is 566 g/mol. The lowest BCUT2D eigenvalue weighted by Gasteiger charge is -2.30. The summed E-state index contributed by atoms with van der Waals surface area (Å²) < 4.78 is 0. The predicted molar refractivity (Wildman–Crippen MR) is 171 cm³/mol. The number of halogens is 1. The van der Waals surface area contributed by atoms with Crippen LogP contribution in [0, 0.1) is 0 Å². The summed E-state index contributed by atoms with van der Waals surface area (Å²) >= 11 is 6.10. The molecule has 0 spiro atoms. The molecule has 43 heavy (non-hydrogen) atoms. The number of nitrogens with zero attached hydrogens (tertiary/aromatic N) is 2. The van der Waals surface area contributed by atoms with Crippen molar-refractivity contribution in [3.63, 3.8) is 0 Å². The highest BCUT2D eigenvalue weighted by atomic mass is 35.5. The van der Waals surface area contributed by atoms with Crippen LogP contribution < -0.4 is 21.3 Å². The number of hydrogen-bond acceptors (Lipinski definition) is 5. The van der Waals surface area contributed by atoms with E-state index in [0.29, 0.717) is 23.1 Å². The number of nitrogens with one attached hydrogen (secondary N) is 2. The number of carboxylic acid groups (broad SMARTS) is 1. The maximum atomic E-state index is 12.5. The number of aliphatic imine (C=N–C) groups is 1. The smallest absolute Gasteiger partial charge is 0.334 e. The monoisotopic (exact) mass is 603 g/mol. The first-order valence-corrected chi connectivity index (χ1v) is 14.7. The van der Waals surface area contributed by atoms with Crippen LogP contribution in [-0.4, -0.2) is 47.4 Å². The van der Waals surface area contributed by atoms with Crippen LogP contribution in [0.2, 0.25) is 5.02 Å². The average molecular weight is 604 g/mol. The van der Waals surface area contributed by atoms with E-state index in [1.54, 1.807) is 12.1 Å².